The molecule has 0 unspecified atom stereocenters. The predicted octanol–water partition coefficient (Wildman–Crippen LogP) is 2.35. The molecule has 110 valence electrons. The van der Waals surface area contributed by atoms with Gasteiger partial charge in [-0.2, -0.15) is 5.10 Å². The number of aromatic nitrogens is 2. The van der Waals surface area contributed by atoms with Crippen molar-refractivity contribution >= 4 is 0 Å². The Morgan fingerprint density at radius 2 is 1.65 bits per heavy atom. The van der Waals surface area contributed by atoms with E-state index in [4.69, 9.17) is 0 Å². The molecule has 1 aliphatic heterocycles. The maximum atomic E-state index is 12.2. The van der Waals surface area contributed by atoms with E-state index in [0.717, 1.165) is 31.6 Å². The van der Waals surface area contributed by atoms with Crippen molar-refractivity contribution in [2.24, 2.45) is 0 Å². The Kier molecular flexibility index (Phi) is 4.51. The summed E-state index contributed by atoms with van der Waals surface area (Å²) in [6.07, 6.45) is 10.9. The van der Waals surface area contributed by atoms with Gasteiger partial charge in [0.1, 0.15) is 0 Å². The molecule has 0 N–H and O–H groups in total. The lowest BCUT2D eigenvalue weighted by Crippen LogP contribution is -2.35. The summed E-state index contributed by atoms with van der Waals surface area (Å²) in [5.41, 5.74) is 2.44. The molecule has 1 fully saturated rings. The topological polar surface area (TPSA) is 38.1 Å². The van der Waals surface area contributed by atoms with Crippen LogP contribution in [-0.2, 0) is 19.5 Å². The van der Waals surface area contributed by atoms with Crippen LogP contribution < -0.4 is 5.56 Å². The summed E-state index contributed by atoms with van der Waals surface area (Å²) in [5.74, 6) is 0. The van der Waals surface area contributed by atoms with Gasteiger partial charge in [-0.25, -0.2) is 4.68 Å². The molecular weight excluding hydrogens is 250 g/mol. The highest BCUT2D eigenvalue weighted by Gasteiger charge is 2.14. The highest BCUT2D eigenvalue weighted by atomic mass is 16.1. The van der Waals surface area contributed by atoms with Crippen LogP contribution in [0.3, 0.4) is 0 Å². The van der Waals surface area contributed by atoms with E-state index in [-0.39, 0.29) is 5.56 Å². The summed E-state index contributed by atoms with van der Waals surface area (Å²) in [4.78, 5) is 14.6. The van der Waals surface area contributed by atoms with Gasteiger partial charge in [0.05, 0.1) is 12.4 Å². The Hall–Kier alpha value is -1.16. The van der Waals surface area contributed by atoms with Crippen LogP contribution in [0.5, 0.6) is 0 Å². The molecule has 3 rings (SSSR count). The van der Waals surface area contributed by atoms with Crippen molar-refractivity contribution in [1.82, 2.24) is 14.7 Å². The molecule has 0 aromatic carbocycles. The Balaban J connectivity index is 1.78. The van der Waals surface area contributed by atoms with Gasteiger partial charge in [-0.15, -0.1) is 0 Å². The Bertz CT molecular complexity index is 501. The standard InChI is InChI=1S/C16H25N3O/c20-16-12-14-8-4-3-5-9-15(14)17-19(16)13-18-10-6-1-2-7-11-18/h12H,1-11,13H2. The fourth-order valence-electron chi connectivity index (χ4n) is 3.35. The normalized spacial score (nSPS) is 21.0. The molecule has 0 spiro atoms. The second kappa shape index (κ2) is 6.53. The second-order valence-corrected chi connectivity index (χ2v) is 6.19. The number of rotatable bonds is 2. The number of likely N-dealkylation sites (tertiary alicyclic amines) is 1. The highest BCUT2D eigenvalue weighted by Crippen LogP contribution is 2.17. The number of nitrogens with zero attached hydrogens (tertiary/aromatic N) is 3. The van der Waals surface area contributed by atoms with Crippen molar-refractivity contribution in [3.8, 4) is 0 Å². The van der Waals surface area contributed by atoms with Gasteiger partial charge in [0.25, 0.3) is 5.56 Å². The van der Waals surface area contributed by atoms with Crippen molar-refractivity contribution in [2.75, 3.05) is 13.1 Å². The van der Waals surface area contributed by atoms with Gasteiger partial charge in [0, 0.05) is 6.07 Å². The van der Waals surface area contributed by atoms with Crippen LogP contribution in [0.15, 0.2) is 10.9 Å². The third-order valence-corrected chi connectivity index (χ3v) is 4.56. The third kappa shape index (κ3) is 3.29. The Morgan fingerprint density at radius 1 is 0.950 bits per heavy atom. The molecule has 0 amide bonds. The SMILES string of the molecule is O=c1cc2c(nn1CN1CCCCCC1)CCCCC2. The maximum Gasteiger partial charge on any atom is 0.268 e. The van der Waals surface area contributed by atoms with Crippen LogP contribution in [0.2, 0.25) is 0 Å². The first kappa shape index (κ1) is 13.8. The monoisotopic (exact) mass is 275 g/mol. The van der Waals surface area contributed by atoms with E-state index in [2.05, 4.69) is 10.00 Å². The van der Waals surface area contributed by atoms with Crippen LogP contribution in [0.1, 0.15) is 56.2 Å². The number of hydrogen-bond donors (Lipinski definition) is 0. The van der Waals surface area contributed by atoms with Gasteiger partial charge in [-0.05, 0) is 57.2 Å². The summed E-state index contributed by atoms with van der Waals surface area (Å²) >= 11 is 0. The van der Waals surface area contributed by atoms with Crippen LogP contribution in [-0.4, -0.2) is 27.8 Å². The second-order valence-electron chi connectivity index (χ2n) is 6.19. The molecule has 1 aromatic rings. The van der Waals surface area contributed by atoms with Crippen molar-refractivity contribution in [1.29, 1.82) is 0 Å². The molecule has 0 bridgehead atoms. The zero-order valence-corrected chi connectivity index (χ0v) is 12.3. The van der Waals surface area contributed by atoms with Gasteiger partial charge >= 0.3 is 0 Å². The smallest absolute Gasteiger partial charge is 0.268 e. The van der Waals surface area contributed by atoms with E-state index >= 15 is 0 Å². The van der Waals surface area contributed by atoms with E-state index in [1.165, 1.54) is 50.5 Å². The van der Waals surface area contributed by atoms with Gasteiger partial charge in [0.15, 0.2) is 0 Å². The summed E-state index contributed by atoms with van der Waals surface area (Å²) in [6, 6.07) is 1.84. The predicted molar refractivity (Wildman–Crippen MR) is 79.8 cm³/mol. The molecule has 1 aliphatic carbocycles. The highest BCUT2D eigenvalue weighted by molar-refractivity contribution is 5.19. The first-order valence-corrected chi connectivity index (χ1v) is 8.15. The van der Waals surface area contributed by atoms with Crippen molar-refractivity contribution in [3.05, 3.63) is 27.7 Å². The number of aryl methyl sites for hydroxylation is 2. The van der Waals surface area contributed by atoms with Crippen molar-refractivity contribution in [3.63, 3.8) is 0 Å². The first-order chi connectivity index (χ1) is 9.83. The summed E-state index contributed by atoms with van der Waals surface area (Å²) < 4.78 is 1.69. The quantitative estimate of drug-likeness (QED) is 0.778. The lowest BCUT2D eigenvalue weighted by Gasteiger charge is -2.20. The summed E-state index contributed by atoms with van der Waals surface area (Å²) in [7, 11) is 0. The van der Waals surface area contributed by atoms with Gasteiger partial charge in [-0.1, -0.05) is 19.3 Å². The molecule has 2 aliphatic rings. The number of fused-ring (bicyclic) bond motifs is 1. The minimum Gasteiger partial charge on any atom is -0.284 e. The van der Waals surface area contributed by atoms with E-state index in [1.807, 2.05) is 6.07 Å². The zero-order valence-electron chi connectivity index (χ0n) is 12.3. The van der Waals surface area contributed by atoms with Gasteiger partial charge < -0.3 is 0 Å². The molecule has 20 heavy (non-hydrogen) atoms. The van der Waals surface area contributed by atoms with Gasteiger partial charge in [-0.3, -0.25) is 9.69 Å². The molecule has 0 atom stereocenters. The molecule has 0 radical (unpaired) electrons. The lowest BCUT2D eigenvalue weighted by molar-refractivity contribution is 0.209. The molecule has 2 heterocycles. The maximum absolute atomic E-state index is 12.2. The summed E-state index contributed by atoms with van der Waals surface area (Å²) in [5, 5.41) is 4.66. The van der Waals surface area contributed by atoms with Crippen LogP contribution in [0.4, 0.5) is 0 Å². The Morgan fingerprint density at radius 3 is 2.45 bits per heavy atom. The van der Waals surface area contributed by atoms with E-state index in [1.54, 1.807) is 4.68 Å². The fraction of sp³-hybridized carbons (Fsp3) is 0.750. The minimum atomic E-state index is 0.0786. The number of hydrogen-bond acceptors (Lipinski definition) is 3. The largest absolute Gasteiger partial charge is 0.284 e. The van der Waals surface area contributed by atoms with Crippen LogP contribution in [0.25, 0.3) is 0 Å². The fourth-order valence-corrected chi connectivity index (χ4v) is 3.35. The lowest BCUT2D eigenvalue weighted by atomic mass is 10.1. The molecule has 1 aromatic heterocycles. The van der Waals surface area contributed by atoms with Crippen LogP contribution in [0, 0.1) is 0 Å². The zero-order chi connectivity index (χ0) is 13.8. The molecule has 4 nitrogen and oxygen atoms in total. The first-order valence-electron chi connectivity index (χ1n) is 8.15. The summed E-state index contributed by atoms with van der Waals surface area (Å²) in [6.45, 7) is 2.88. The van der Waals surface area contributed by atoms with E-state index in [0.29, 0.717) is 6.67 Å². The van der Waals surface area contributed by atoms with Crippen molar-refractivity contribution in [2.45, 2.75) is 64.5 Å². The van der Waals surface area contributed by atoms with E-state index in [9.17, 15) is 4.79 Å². The molecule has 4 heteroatoms. The average Bonchev–Trinajstić information content (AvgIpc) is 2.82. The van der Waals surface area contributed by atoms with Gasteiger partial charge in [0.2, 0.25) is 0 Å². The average molecular weight is 275 g/mol. The van der Waals surface area contributed by atoms with E-state index < -0.39 is 0 Å². The third-order valence-electron chi connectivity index (χ3n) is 4.56. The molecule has 1 saturated heterocycles. The van der Waals surface area contributed by atoms with Crippen LogP contribution >= 0.6 is 0 Å². The minimum absolute atomic E-state index is 0.0786. The Labute approximate surface area is 120 Å². The molecular formula is C16H25N3O. The van der Waals surface area contributed by atoms with Crippen molar-refractivity contribution < 1.29 is 0 Å². The molecule has 0 saturated carbocycles.